The summed E-state index contributed by atoms with van der Waals surface area (Å²) in [6, 6.07) is 3.23. The van der Waals surface area contributed by atoms with E-state index in [0.717, 1.165) is 6.42 Å². The van der Waals surface area contributed by atoms with Gasteiger partial charge in [-0.25, -0.2) is 4.98 Å². The molecule has 0 saturated carbocycles. The Bertz CT molecular complexity index is 519. The number of nitrogens with zero attached hydrogens (tertiary/aromatic N) is 2. The molecule has 0 aliphatic heterocycles. The fourth-order valence-corrected chi connectivity index (χ4v) is 1.44. The number of aromatic hydroxyl groups is 1. The number of carbonyl (C=O) groups is 1. The Balaban J connectivity index is 2.32. The van der Waals surface area contributed by atoms with Crippen LogP contribution in [0.15, 0.2) is 24.5 Å². The SMILES string of the molecule is CCCNC(=O)c1cn2cccc(O)c2n1. The molecule has 5 heteroatoms. The van der Waals surface area contributed by atoms with Crippen LogP contribution in [0.4, 0.5) is 0 Å². The summed E-state index contributed by atoms with van der Waals surface area (Å²) >= 11 is 0. The quantitative estimate of drug-likeness (QED) is 0.814. The van der Waals surface area contributed by atoms with E-state index >= 15 is 0 Å². The zero-order chi connectivity index (χ0) is 11.5. The second-order valence-electron chi connectivity index (χ2n) is 3.51. The Labute approximate surface area is 92.7 Å². The van der Waals surface area contributed by atoms with Gasteiger partial charge in [-0.15, -0.1) is 0 Å². The highest BCUT2D eigenvalue weighted by Crippen LogP contribution is 2.16. The van der Waals surface area contributed by atoms with Gasteiger partial charge < -0.3 is 14.8 Å². The minimum atomic E-state index is -0.218. The van der Waals surface area contributed by atoms with Crippen molar-refractivity contribution in [3.63, 3.8) is 0 Å². The summed E-state index contributed by atoms with van der Waals surface area (Å²) in [6.45, 7) is 2.61. The third-order valence-corrected chi connectivity index (χ3v) is 2.23. The number of rotatable bonds is 3. The van der Waals surface area contributed by atoms with Crippen molar-refractivity contribution >= 4 is 11.6 Å². The summed E-state index contributed by atoms with van der Waals surface area (Å²) in [4.78, 5) is 15.7. The van der Waals surface area contributed by atoms with Crippen LogP contribution in [0.1, 0.15) is 23.8 Å². The lowest BCUT2D eigenvalue weighted by atomic mass is 10.4. The van der Waals surface area contributed by atoms with E-state index in [-0.39, 0.29) is 11.7 Å². The number of hydrogen-bond donors (Lipinski definition) is 2. The van der Waals surface area contributed by atoms with Crippen LogP contribution >= 0.6 is 0 Å². The summed E-state index contributed by atoms with van der Waals surface area (Å²) < 4.78 is 1.62. The number of carbonyl (C=O) groups excluding carboxylic acids is 1. The number of nitrogens with one attached hydrogen (secondary N) is 1. The van der Waals surface area contributed by atoms with E-state index < -0.39 is 0 Å². The molecule has 0 spiro atoms. The van der Waals surface area contributed by atoms with Crippen molar-refractivity contribution in [1.82, 2.24) is 14.7 Å². The van der Waals surface area contributed by atoms with E-state index in [1.54, 1.807) is 22.9 Å². The second-order valence-corrected chi connectivity index (χ2v) is 3.51. The van der Waals surface area contributed by atoms with Crippen LogP contribution in [0, 0.1) is 0 Å². The lowest BCUT2D eigenvalue weighted by Gasteiger charge is -1.98. The molecular formula is C11H13N3O2. The number of amides is 1. The smallest absolute Gasteiger partial charge is 0.271 e. The Kier molecular flexibility index (Phi) is 2.76. The van der Waals surface area contributed by atoms with Gasteiger partial charge in [-0.05, 0) is 18.6 Å². The highest BCUT2D eigenvalue weighted by atomic mass is 16.3. The third-order valence-electron chi connectivity index (χ3n) is 2.23. The first-order valence-electron chi connectivity index (χ1n) is 5.17. The van der Waals surface area contributed by atoms with Crippen LogP contribution in [0.25, 0.3) is 5.65 Å². The van der Waals surface area contributed by atoms with Gasteiger partial charge in [-0.1, -0.05) is 6.92 Å². The molecule has 84 valence electrons. The summed E-state index contributed by atoms with van der Waals surface area (Å²) in [5, 5.41) is 12.3. The van der Waals surface area contributed by atoms with Crippen molar-refractivity contribution in [1.29, 1.82) is 0 Å². The van der Waals surface area contributed by atoms with E-state index in [1.165, 1.54) is 6.07 Å². The van der Waals surface area contributed by atoms with Gasteiger partial charge in [0.1, 0.15) is 5.69 Å². The largest absolute Gasteiger partial charge is 0.504 e. The van der Waals surface area contributed by atoms with Gasteiger partial charge in [0.2, 0.25) is 0 Å². The molecular weight excluding hydrogens is 206 g/mol. The van der Waals surface area contributed by atoms with E-state index in [9.17, 15) is 9.90 Å². The van der Waals surface area contributed by atoms with E-state index in [2.05, 4.69) is 10.3 Å². The van der Waals surface area contributed by atoms with Crippen molar-refractivity contribution in [2.75, 3.05) is 6.54 Å². The summed E-state index contributed by atoms with van der Waals surface area (Å²) in [5.41, 5.74) is 0.707. The van der Waals surface area contributed by atoms with Crippen molar-refractivity contribution in [3.05, 3.63) is 30.2 Å². The predicted molar refractivity (Wildman–Crippen MR) is 59.5 cm³/mol. The molecule has 2 aromatic heterocycles. The zero-order valence-electron chi connectivity index (χ0n) is 8.97. The van der Waals surface area contributed by atoms with Gasteiger partial charge in [0, 0.05) is 18.9 Å². The fraction of sp³-hybridized carbons (Fsp3) is 0.273. The van der Waals surface area contributed by atoms with Crippen LogP contribution in [-0.2, 0) is 0 Å². The maximum Gasteiger partial charge on any atom is 0.271 e. The van der Waals surface area contributed by atoms with Gasteiger partial charge in [0.25, 0.3) is 5.91 Å². The summed E-state index contributed by atoms with van der Waals surface area (Å²) in [7, 11) is 0. The maximum absolute atomic E-state index is 11.6. The number of hydrogen-bond acceptors (Lipinski definition) is 3. The number of pyridine rings is 1. The molecule has 2 heterocycles. The molecule has 0 radical (unpaired) electrons. The summed E-state index contributed by atoms with van der Waals surface area (Å²) in [5.74, 6) is -0.151. The number of fused-ring (bicyclic) bond motifs is 1. The van der Waals surface area contributed by atoms with Crippen molar-refractivity contribution in [3.8, 4) is 5.75 Å². The molecule has 0 aliphatic carbocycles. The lowest BCUT2D eigenvalue weighted by molar-refractivity contribution is 0.0949. The molecule has 16 heavy (non-hydrogen) atoms. The first kappa shape index (κ1) is 10.5. The van der Waals surface area contributed by atoms with Gasteiger partial charge in [0.05, 0.1) is 0 Å². The Hall–Kier alpha value is -2.04. The number of aromatic nitrogens is 2. The molecule has 0 fully saturated rings. The molecule has 2 rings (SSSR count). The van der Waals surface area contributed by atoms with Gasteiger partial charge in [0.15, 0.2) is 11.4 Å². The molecule has 0 saturated heterocycles. The normalized spacial score (nSPS) is 10.6. The second kappa shape index (κ2) is 4.22. The highest BCUT2D eigenvalue weighted by Gasteiger charge is 2.11. The minimum Gasteiger partial charge on any atom is -0.504 e. The average molecular weight is 219 g/mol. The van der Waals surface area contributed by atoms with Gasteiger partial charge >= 0.3 is 0 Å². The zero-order valence-corrected chi connectivity index (χ0v) is 8.97. The molecule has 0 atom stereocenters. The lowest BCUT2D eigenvalue weighted by Crippen LogP contribution is -2.24. The minimum absolute atomic E-state index is 0.0667. The van der Waals surface area contributed by atoms with Crippen LogP contribution in [-0.4, -0.2) is 26.9 Å². The van der Waals surface area contributed by atoms with Crippen molar-refractivity contribution in [2.45, 2.75) is 13.3 Å². The molecule has 0 unspecified atom stereocenters. The predicted octanol–water partition coefficient (Wildman–Crippen LogP) is 1.18. The molecule has 0 aliphatic rings. The Morgan fingerprint density at radius 3 is 3.12 bits per heavy atom. The van der Waals surface area contributed by atoms with E-state index in [4.69, 9.17) is 0 Å². The molecule has 1 amide bonds. The molecule has 2 aromatic rings. The number of imidazole rings is 1. The fourth-order valence-electron chi connectivity index (χ4n) is 1.44. The Morgan fingerprint density at radius 1 is 1.62 bits per heavy atom. The molecule has 5 nitrogen and oxygen atoms in total. The van der Waals surface area contributed by atoms with Crippen molar-refractivity contribution < 1.29 is 9.90 Å². The van der Waals surface area contributed by atoms with Crippen LogP contribution in [0.3, 0.4) is 0 Å². The first-order valence-corrected chi connectivity index (χ1v) is 5.17. The topological polar surface area (TPSA) is 66.6 Å². The molecule has 0 bridgehead atoms. The van der Waals surface area contributed by atoms with Gasteiger partial charge in [-0.3, -0.25) is 4.79 Å². The van der Waals surface area contributed by atoms with Crippen LogP contribution in [0.5, 0.6) is 5.75 Å². The van der Waals surface area contributed by atoms with Gasteiger partial charge in [-0.2, -0.15) is 0 Å². The molecule has 0 aromatic carbocycles. The van der Waals surface area contributed by atoms with Crippen LogP contribution < -0.4 is 5.32 Å². The Morgan fingerprint density at radius 2 is 2.44 bits per heavy atom. The van der Waals surface area contributed by atoms with E-state index in [1.807, 2.05) is 6.92 Å². The maximum atomic E-state index is 11.6. The highest BCUT2D eigenvalue weighted by molar-refractivity contribution is 5.93. The monoisotopic (exact) mass is 219 g/mol. The first-order chi connectivity index (χ1) is 7.72. The molecule has 2 N–H and O–H groups in total. The summed E-state index contributed by atoms with van der Waals surface area (Å²) in [6.07, 6.45) is 4.21. The van der Waals surface area contributed by atoms with Crippen molar-refractivity contribution in [2.24, 2.45) is 0 Å². The van der Waals surface area contributed by atoms with Crippen LogP contribution in [0.2, 0.25) is 0 Å². The average Bonchev–Trinajstić information content (AvgIpc) is 2.71. The third kappa shape index (κ3) is 1.84. The standard InChI is InChI=1S/C11H13N3O2/c1-2-5-12-11(16)8-7-14-6-3-4-9(15)10(14)13-8/h3-4,6-7,15H,2,5H2,1H3,(H,12,16). The van der Waals surface area contributed by atoms with E-state index in [0.29, 0.717) is 17.9 Å².